The van der Waals surface area contributed by atoms with Crippen LogP contribution < -0.4 is 0 Å². The van der Waals surface area contributed by atoms with Crippen molar-refractivity contribution in [3.05, 3.63) is 12.2 Å². The van der Waals surface area contributed by atoms with Gasteiger partial charge < -0.3 is 5.11 Å². The summed E-state index contributed by atoms with van der Waals surface area (Å²) in [5.74, 6) is 2.03. The fourth-order valence-corrected chi connectivity index (χ4v) is 11.6. The molecule has 5 fully saturated rings. The van der Waals surface area contributed by atoms with Crippen molar-refractivity contribution in [1.29, 1.82) is 0 Å². The van der Waals surface area contributed by atoms with E-state index in [1.54, 1.807) is 0 Å². The third-order valence-electron chi connectivity index (χ3n) is 13.2. The molecule has 33 heavy (non-hydrogen) atoms. The molecular formula is C30H46O2S. The van der Waals surface area contributed by atoms with Crippen molar-refractivity contribution in [2.24, 2.45) is 56.7 Å². The highest BCUT2D eigenvalue weighted by Crippen LogP contribution is 2.77. The molecule has 184 valence electrons. The number of hydrogen-bond acceptors (Lipinski definition) is 2. The van der Waals surface area contributed by atoms with Gasteiger partial charge in [-0.15, -0.1) is 0 Å². The minimum absolute atomic E-state index is 0.156. The van der Waals surface area contributed by atoms with E-state index in [9.17, 15) is 9.90 Å². The van der Waals surface area contributed by atoms with Crippen LogP contribution in [0.2, 0.25) is 0 Å². The largest absolute Gasteiger partial charge is 0.481 e. The summed E-state index contributed by atoms with van der Waals surface area (Å²) in [5.41, 5.74) is 1.70. The standard InChI is InChI=1S/C30H46O2S/c1-18(2)19-10-15-30(25(31)32)17-16-28(6)20(24(19)30)8-9-22-27(5)13-12-23(33)26(3,4)21(27)11-14-29(22,28)7/h19-22,24H,1,8-17H2,2-7H3,(H,31,32)/t19-,20?,21-,22+,24?,27-,28+,29+,30-/m0/s1. The summed E-state index contributed by atoms with van der Waals surface area (Å²) in [5, 5.41) is 10.5. The predicted octanol–water partition coefficient (Wildman–Crippen LogP) is 8.10. The number of carbonyl (C=O) groups is 1. The smallest absolute Gasteiger partial charge is 0.309 e. The zero-order valence-corrected chi connectivity index (χ0v) is 22.7. The van der Waals surface area contributed by atoms with Gasteiger partial charge in [0.05, 0.1) is 5.41 Å². The summed E-state index contributed by atoms with van der Waals surface area (Å²) >= 11 is 5.91. The third-order valence-corrected chi connectivity index (χ3v) is 14.0. The van der Waals surface area contributed by atoms with Crippen LogP contribution >= 0.6 is 12.2 Å². The SMILES string of the molecule is C=C(C)[C@@H]1CC[C@]2(C(=O)O)CC[C@]3(C)C(CC[C@@H]4[C@@]5(C)CCC(=S)C(C)(C)[C@@H]5CC[C@]43C)C12. The van der Waals surface area contributed by atoms with Gasteiger partial charge in [-0.3, -0.25) is 4.79 Å². The van der Waals surface area contributed by atoms with E-state index in [-0.39, 0.29) is 22.2 Å². The second-order valence-electron chi connectivity index (χ2n) is 14.3. The van der Waals surface area contributed by atoms with Gasteiger partial charge in [0.1, 0.15) is 0 Å². The maximum absolute atomic E-state index is 12.8. The Morgan fingerprint density at radius 1 is 0.909 bits per heavy atom. The third kappa shape index (κ3) is 2.78. The van der Waals surface area contributed by atoms with Gasteiger partial charge >= 0.3 is 5.97 Å². The van der Waals surface area contributed by atoms with Crippen molar-refractivity contribution in [1.82, 2.24) is 0 Å². The van der Waals surface area contributed by atoms with Crippen molar-refractivity contribution < 1.29 is 9.90 Å². The Labute approximate surface area is 207 Å². The first kappa shape index (κ1) is 24.0. The van der Waals surface area contributed by atoms with Gasteiger partial charge in [0.25, 0.3) is 0 Å². The van der Waals surface area contributed by atoms with E-state index in [2.05, 4.69) is 48.1 Å². The number of carboxylic acid groups (broad SMARTS) is 1. The van der Waals surface area contributed by atoms with Gasteiger partial charge in [-0.1, -0.05) is 59.0 Å². The molecule has 2 nitrogen and oxygen atoms in total. The molecule has 5 aliphatic rings. The van der Waals surface area contributed by atoms with E-state index < -0.39 is 11.4 Å². The lowest BCUT2D eigenvalue weighted by molar-refractivity contribution is -0.229. The van der Waals surface area contributed by atoms with Crippen LogP contribution in [-0.4, -0.2) is 15.9 Å². The molecule has 5 aliphatic carbocycles. The van der Waals surface area contributed by atoms with Gasteiger partial charge in [0.15, 0.2) is 0 Å². The van der Waals surface area contributed by atoms with E-state index in [4.69, 9.17) is 12.2 Å². The van der Waals surface area contributed by atoms with E-state index in [1.165, 1.54) is 42.5 Å². The number of hydrogen-bond donors (Lipinski definition) is 1. The number of carboxylic acids is 1. The molecule has 9 atom stereocenters. The molecule has 0 heterocycles. The normalized spacial score (nSPS) is 52.8. The topological polar surface area (TPSA) is 37.3 Å². The molecule has 0 aromatic carbocycles. The van der Waals surface area contributed by atoms with Crippen molar-refractivity contribution >= 4 is 23.1 Å². The van der Waals surface area contributed by atoms with Crippen LogP contribution in [0.15, 0.2) is 12.2 Å². The summed E-state index contributed by atoms with van der Waals surface area (Å²) in [4.78, 5) is 14.1. The van der Waals surface area contributed by atoms with E-state index in [0.29, 0.717) is 23.2 Å². The number of thiocarbonyl (C=S) groups is 1. The monoisotopic (exact) mass is 470 g/mol. The molecule has 5 rings (SSSR count). The van der Waals surface area contributed by atoms with Crippen LogP contribution in [0.5, 0.6) is 0 Å². The summed E-state index contributed by atoms with van der Waals surface area (Å²) in [7, 11) is 0. The maximum atomic E-state index is 12.8. The Hall–Kier alpha value is -0.700. The molecule has 2 unspecified atom stereocenters. The lowest BCUT2D eigenvalue weighted by Crippen LogP contribution is -2.66. The maximum Gasteiger partial charge on any atom is 0.309 e. The van der Waals surface area contributed by atoms with Crippen LogP contribution in [0.1, 0.15) is 106 Å². The Kier molecular flexibility index (Phi) is 5.22. The van der Waals surface area contributed by atoms with Crippen LogP contribution in [0.4, 0.5) is 0 Å². The molecule has 0 aliphatic heterocycles. The molecule has 0 saturated heterocycles. The van der Waals surface area contributed by atoms with Gasteiger partial charge in [0, 0.05) is 0 Å². The van der Waals surface area contributed by atoms with Crippen molar-refractivity contribution in [3.63, 3.8) is 0 Å². The highest BCUT2D eigenvalue weighted by molar-refractivity contribution is 7.80. The summed E-state index contributed by atoms with van der Waals surface area (Å²) in [6, 6.07) is 0. The quantitative estimate of drug-likeness (QED) is 0.327. The number of rotatable bonds is 2. The van der Waals surface area contributed by atoms with E-state index in [0.717, 1.165) is 38.0 Å². The van der Waals surface area contributed by atoms with Crippen molar-refractivity contribution in [2.45, 2.75) is 106 Å². The van der Waals surface area contributed by atoms with E-state index >= 15 is 0 Å². The fraction of sp³-hybridized carbons (Fsp3) is 0.867. The van der Waals surface area contributed by atoms with Crippen LogP contribution in [0.3, 0.4) is 0 Å². The Morgan fingerprint density at radius 2 is 1.61 bits per heavy atom. The molecule has 0 radical (unpaired) electrons. The first-order chi connectivity index (χ1) is 15.3. The lowest BCUT2D eigenvalue weighted by atomic mass is 9.32. The number of aliphatic carboxylic acids is 1. The molecule has 0 aromatic rings. The van der Waals surface area contributed by atoms with Crippen molar-refractivity contribution in [2.75, 3.05) is 0 Å². The zero-order valence-electron chi connectivity index (χ0n) is 21.9. The molecule has 0 spiro atoms. The molecule has 0 aromatic heterocycles. The van der Waals surface area contributed by atoms with E-state index in [1.807, 2.05) is 0 Å². The molecule has 0 bridgehead atoms. The van der Waals surface area contributed by atoms with Crippen LogP contribution in [0.25, 0.3) is 0 Å². The van der Waals surface area contributed by atoms with Gasteiger partial charge in [-0.05, 0) is 127 Å². The van der Waals surface area contributed by atoms with Crippen molar-refractivity contribution in [3.8, 4) is 0 Å². The van der Waals surface area contributed by atoms with Gasteiger partial charge in [0.2, 0.25) is 0 Å². The minimum Gasteiger partial charge on any atom is -0.481 e. The first-order valence-corrected chi connectivity index (χ1v) is 14.1. The average molecular weight is 471 g/mol. The minimum atomic E-state index is -0.524. The number of allylic oxidation sites excluding steroid dienone is 1. The zero-order chi connectivity index (χ0) is 24.2. The highest BCUT2D eigenvalue weighted by atomic mass is 32.1. The van der Waals surface area contributed by atoms with Gasteiger partial charge in [-0.2, -0.15) is 0 Å². The van der Waals surface area contributed by atoms with Crippen LogP contribution in [0, 0.1) is 56.7 Å². The lowest BCUT2D eigenvalue weighted by Gasteiger charge is -2.72. The fourth-order valence-electron chi connectivity index (χ4n) is 11.3. The molecule has 1 N–H and O–H groups in total. The summed E-state index contributed by atoms with van der Waals surface area (Å²) in [6.45, 7) is 19.2. The van der Waals surface area contributed by atoms with Crippen LogP contribution in [-0.2, 0) is 4.79 Å². The first-order valence-electron chi connectivity index (χ1n) is 13.7. The average Bonchev–Trinajstić information content (AvgIpc) is 3.13. The summed E-state index contributed by atoms with van der Waals surface area (Å²) < 4.78 is 0. The molecule has 5 saturated carbocycles. The Morgan fingerprint density at radius 3 is 2.24 bits per heavy atom. The Balaban J connectivity index is 1.57. The van der Waals surface area contributed by atoms with Gasteiger partial charge in [-0.25, -0.2) is 0 Å². The molecule has 3 heteroatoms. The summed E-state index contributed by atoms with van der Waals surface area (Å²) in [6.07, 6.45) is 11.2. The molecular weight excluding hydrogens is 424 g/mol. The molecule has 0 amide bonds. The second kappa shape index (κ2) is 7.17. The number of fused-ring (bicyclic) bond motifs is 7. The Bertz CT molecular complexity index is 905. The predicted molar refractivity (Wildman–Crippen MR) is 139 cm³/mol. The second-order valence-corrected chi connectivity index (χ2v) is 14.8. The highest BCUT2D eigenvalue weighted by Gasteiger charge is 2.71.